The number of hydrogen-bond acceptors (Lipinski definition) is 7. The third-order valence-electron chi connectivity index (χ3n) is 5.26. The Hall–Kier alpha value is -3.73. The van der Waals surface area contributed by atoms with Gasteiger partial charge >= 0.3 is 6.18 Å². The molecule has 3 heterocycles. The van der Waals surface area contributed by atoms with Gasteiger partial charge in [-0.3, -0.25) is 0 Å². The summed E-state index contributed by atoms with van der Waals surface area (Å²) in [4.78, 5) is 4.28. The summed E-state index contributed by atoms with van der Waals surface area (Å²) >= 11 is 0. The van der Waals surface area contributed by atoms with Gasteiger partial charge in [0.15, 0.2) is 5.69 Å². The Morgan fingerprint density at radius 3 is 2.55 bits per heavy atom. The fourth-order valence-corrected chi connectivity index (χ4v) is 3.57. The summed E-state index contributed by atoms with van der Waals surface area (Å²) in [5.74, 6) is 1.07. The second-order valence-corrected chi connectivity index (χ2v) is 7.37. The van der Waals surface area contributed by atoms with E-state index in [0.717, 1.165) is 23.4 Å². The predicted octanol–water partition coefficient (Wildman–Crippen LogP) is 4.68. The number of alkyl halides is 3. The number of benzene rings is 2. The van der Waals surface area contributed by atoms with E-state index < -0.39 is 11.7 Å². The van der Waals surface area contributed by atoms with E-state index in [2.05, 4.69) is 20.5 Å². The molecule has 11 heteroatoms. The monoisotopic (exact) mass is 457 g/mol. The second kappa shape index (κ2) is 8.32. The van der Waals surface area contributed by atoms with Crippen LogP contribution in [0.15, 0.2) is 53.1 Å². The van der Waals surface area contributed by atoms with Crippen LogP contribution < -0.4 is 4.74 Å². The first kappa shape index (κ1) is 21.1. The van der Waals surface area contributed by atoms with Crippen LogP contribution in [0.4, 0.5) is 13.2 Å². The zero-order valence-electron chi connectivity index (χ0n) is 17.4. The van der Waals surface area contributed by atoms with E-state index in [1.165, 1.54) is 12.1 Å². The molecule has 2 aromatic carbocycles. The van der Waals surface area contributed by atoms with E-state index in [1.807, 2.05) is 31.2 Å². The van der Waals surface area contributed by atoms with Gasteiger partial charge in [-0.2, -0.15) is 18.2 Å². The lowest BCUT2D eigenvalue weighted by atomic mass is 10.1. The van der Waals surface area contributed by atoms with Crippen LogP contribution in [0.25, 0.3) is 23.0 Å². The smallest absolute Gasteiger partial charge is 0.416 e. The molecule has 0 aliphatic carbocycles. The van der Waals surface area contributed by atoms with Crippen molar-refractivity contribution in [2.75, 3.05) is 6.61 Å². The number of ether oxygens (including phenoxy) is 2. The standard InChI is InChI=1S/C22H18F3N5O3/c1-2-31-16-9-5-13(6-10-16)18-11-30-17(12-32-18)19(27-29-30)21-26-20(28-33-21)14-3-7-15(8-4-14)22(23,24)25/h3-10,18H,2,11-12H2,1H3/t18-/m0/s1. The van der Waals surface area contributed by atoms with Crippen LogP contribution >= 0.6 is 0 Å². The first-order chi connectivity index (χ1) is 15.9. The van der Waals surface area contributed by atoms with Crippen LogP contribution in [0.1, 0.15) is 29.8 Å². The molecule has 33 heavy (non-hydrogen) atoms. The van der Waals surface area contributed by atoms with Gasteiger partial charge in [0.1, 0.15) is 11.9 Å². The first-order valence-electron chi connectivity index (χ1n) is 10.2. The highest BCUT2D eigenvalue weighted by Gasteiger charge is 2.31. The third-order valence-corrected chi connectivity index (χ3v) is 5.26. The molecule has 1 aliphatic heterocycles. The normalized spacial score (nSPS) is 15.9. The Labute approximate surface area is 185 Å². The molecule has 2 aromatic heterocycles. The molecule has 0 unspecified atom stereocenters. The molecular weight excluding hydrogens is 439 g/mol. The van der Waals surface area contributed by atoms with Gasteiger partial charge in [0, 0.05) is 5.56 Å². The van der Waals surface area contributed by atoms with Crippen LogP contribution in [0, 0.1) is 0 Å². The lowest BCUT2D eigenvalue weighted by Crippen LogP contribution is -2.22. The maximum atomic E-state index is 12.8. The highest BCUT2D eigenvalue weighted by Crippen LogP contribution is 2.33. The van der Waals surface area contributed by atoms with Gasteiger partial charge in [-0.15, -0.1) is 5.10 Å². The van der Waals surface area contributed by atoms with Crippen molar-refractivity contribution in [3.8, 4) is 28.7 Å². The summed E-state index contributed by atoms with van der Waals surface area (Å²) in [5, 5.41) is 12.2. The molecule has 0 saturated carbocycles. The van der Waals surface area contributed by atoms with Crippen LogP contribution in [-0.2, 0) is 24.1 Å². The minimum absolute atomic E-state index is 0.120. The summed E-state index contributed by atoms with van der Waals surface area (Å²) in [7, 11) is 0. The van der Waals surface area contributed by atoms with Crippen LogP contribution in [-0.4, -0.2) is 31.7 Å². The molecule has 0 fully saturated rings. The van der Waals surface area contributed by atoms with Gasteiger partial charge in [-0.1, -0.05) is 34.6 Å². The summed E-state index contributed by atoms with van der Waals surface area (Å²) < 4.78 is 56.8. The number of nitrogens with zero attached hydrogens (tertiary/aromatic N) is 5. The number of hydrogen-bond donors (Lipinski definition) is 0. The van der Waals surface area contributed by atoms with Gasteiger partial charge < -0.3 is 14.0 Å². The minimum Gasteiger partial charge on any atom is -0.494 e. The summed E-state index contributed by atoms with van der Waals surface area (Å²) in [6.07, 6.45) is -4.61. The van der Waals surface area contributed by atoms with Gasteiger partial charge in [-0.25, -0.2) is 4.68 Å². The van der Waals surface area contributed by atoms with Crippen molar-refractivity contribution >= 4 is 0 Å². The van der Waals surface area contributed by atoms with Gasteiger partial charge in [-0.05, 0) is 36.8 Å². The van der Waals surface area contributed by atoms with Crippen molar-refractivity contribution in [1.29, 1.82) is 0 Å². The highest BCUT2D eigenvalue weighted by atomic mass is 19.4. The van der Waals surface area contributed by atoms with Crippen LogP contribution in [0.2, 0.25) is 0 Å². The minimum atomic E-state index is -4.41. The SMILES string of the molecule is CCOc1ccc([C@@H]2Cn3nnc(-c4nc(-c5ccc(C(F)(F)F)cc5)no4)c3CO2)cc1. The molecule has 0 N–H and O–H groups in total. The van der Waals surface area contributed by atoms with Gasteiger partial charge in [0.05, 0.1) is 31.0 Å². The van der Waals surface area contributed by atoms with Gasteiger partial charge in [0.2, 0.25) is 5.82 Å². The van der Waals surface area contributed by atoms with Crippen molar-refractivity contribution in [2.45, 2.75) is 32.4 Å². The molecule has 170 valence electrons. The van der Waals surface area contributed by atoms with E-state index >= 15 is 0 Å². The van der Waals surface area contributed by atoms with Crippen LogP contribution in [0.5, 0.6) is 5.75 Å². The Morgan fingerprint density at radius 2 is 1.85 bits per heavy atom. The van der Waals surface area contributed by atoms with Crippen molar-refractivity contribution in [1.82, 2.24) is 25.1 Å². The fraction of sp³-hybridized carbons (Fsp3) is 0.273. The Morgan fingerprint density at radius 1 is 1.09 bits per heavy atom. The van der Waals surface area contributed by atoms with Crippen molar-refractivity contribution < 1.29 is 27.2 Å². The third kappa shape index (κ3) is 4.19. The average molecular weight is 457 g/mol. The molecule has 0 spiro atoms. The molecular formula is C22H18F3N5O3. The molecule has 5 rings (SSSR count). The zero-order valence-corrected chi connectivity index (χ0v) is 17.4. The number of aromatic nitrogens is 5. The Kier molecular flexibility index (Phi) is 5.33. The quantitative estimate of drug-likeness (QED) is 0.430. The fourth-order valence-electron chi connectivity index (χ4n) is 3.57. The molecule has 0 amide bonds. The summed E-state index contributed by atoms with van der Waals surface area (Å²) in [6.45, 7) is 3.22. The number of rotatable bonds is 5. The van der Waals surface area contributed by atoms with Crippen LogP contribution in [0.3, 0.4) is 0 Å². The van der Waals surface area contributed by atoms with Crippen molar-refractivity contribution in [3.05, 3.63) is 65.4 Å². The van der Waals surface area contributed by atoms with Gasteiger partial charge in [0.25, 0.3) is 5.89 Å². The molecule has 8 nitrogen and oxygen atoms in total. The molecule has 1 aliphatic rings. The molecule has 1 atom stereocenters. The second-order valence-electron chi connectivity index (χ2n) is 7.37. The highest BCUT2D eigenvalue weighted by molar-refractivity contribution is 5.59. The van der Waals surface area contributed by atoms with E-state index in [-0.39, 0.29) is 24.4 Å². The largest absolute Gasteiger partial charge is 0.494 e. The lowest BCUT2D eigenvalue weighted by molar-refractivity contribution is -0.137. The van der Waals surface area contributed by atoms with E-state index in [4.69, 9.17) is 14.0 Å². The summed E-state index contributed by atoms with van der Waals surface area (Å²) in [6, 6.07) is 12.2. The topological polar surface area (TPSA) is 88.1 Å². The van der Waals surface area contributed by atoms with E-state index in [0.29, 0.717) is 30.1 Å². The zero-order chi connectivity index (χ0) is 23.0. The maximum Gasteiger partial charge on any atom is 0.416 e. The molecule has 4 aromatic rings. The van der Waals surface area contributed by atoms with Crippen molar-refractivity contribution in [3.63, 3.8) is 0 Å². The average Bonchev–Trinajstić information content (AvgIpc) is 3.46. The molecule has 0 radical (unpaired) electrons. The predicted molar refractivity (Wildman–Crippen MR) is 109 cm³/mol. The first-order valence-corrected chi connectivity index (χ1v) is 10.2. The summed E-state index contributed by atoms with van der Waals surface area (Å²) in [5.41, 5.74) is 1.70. The van der Waals surface area contributed by atoms with E-state index in [9.17, 15) is 13.2 Å². The number of fused-ring (bicyclic) bond motifs is 1. The van der Waals surface area contributed by atoms with Crippen molar-refractivity contribution in [2.24, 2.45) is 0 Å². The maximum absolute atomic E-state index is 12.8. The lowest BCUT2D eigenvalue weighted by Gasteiger charge is -2.24. The number of halogens is 3. The molecule has 0 bridgehead atoms. The molecule has 0 saturated heterocycles. The Balaban J connectivity index is 1.34. The Bertz CT molecular complexity index is 1250. The van der Waals surface area contributed by atoms with E-state index in [1.54, 1.807) is 4.68 Å².